The van der Waals surface area contributed by atoms with Crippen LogP contribution < -0.4 is 11.1 Å². The van der Waals surface area contributed by atoms with E-state index in [1.54, 1.807) is 12.1 Å². The van der Waals surface area contributed by atoms with E-state index in [9.17, 15) is 9.59 Å². The van der Waals surface area contributed by atoms with Crippen LogP contribution in [-0.4, -0.2) is 11.8 Å². The minimum atomic E-state index is -0.646. The second-order valence-electron chi connectivity index (χ2n) is 2.73. The molecule has 0 aromatic heterocycles. The van der Waals surface area contributed by atoms with Gasteiger partial charge in [0.2, 0.25) is 11.8 Å². The molecule has 3 N–H and O–H groups in total. The van der Waals surface area contributed by atoms with Crippen molar-refractivity contribution in [1.82, 2.24) is 0 Å². The molecule has 0 spiro atoms. The summed E-state index contributed by atoms with van der Waals surface area (Å²) in [6.07, 6.45) is 2.11. The van der Waals surface area contributed by atoms with Gasteiger partial charge in [-0.3, -0.25) is 9.59 Å². The summed E-state index contributed by atoms with van der Waals surface area (Å²) in [5, 5.41) is 2.59. The molecule has 2 amide bonds. The Kier molecular flexibility index (Phi) is 4.29. The quantitative estimate of drug-likeness (QED) is 0.651. The third-order valence-electron chi connectivity index (χ3n) is 1.51. The molecule has 0 bridgehead atoms. The third kappa shape index (κ3) is 4.59. The van der Waals surface area contributed by atoms with Gasteiger partial charge in [-0.05, 0) is 46.9 Å². The number of carbonyl (C=O) groups is 2. The van der Waals surface area contributed by atoms with E-state index in [4.69, 9.17) is 5.73 Å². The van der Waals surface area contributed by atoms with Gasteiger partial charge in [-0.1, -0.05) is 0 Å². The first-order chi connectivity index (χ1) is 7.08. The lowest BCUT2D eigenvalue weighted by atomic mass is 10.3. The van der Waals surface area contributed by atoms with Crippen molar-refractivity contribution >= 4 is 40.1 Å². The molecule has 4 nitrogen and oxygen atoms in total. The SMILES string of the molecule is NC(=O)/C=C\C(=O)Nc1ccc(I)cc1. The highest BCUT2D eigenvalue weighted by atomic mass is 127. The van der Waals surface area contributed by atoms with Crippen LogP contribution in [0.5, 0.6) is 0 Å². The fourth-order valence-corrected chi connectivity index (χ4v) is 1.23. The number of carbonyl (C=O) groups excluding carboxylic acids is 2. The van der Waals surface area contributed by atoms with Gasteiger partial charge in [0, 0.05) is 21.4 Å². The van der Waals surface area contributed by atoms with Crippen molar-refractivity contribution in [3.05, 3.63) is 40.0 Å². The topological polar surface area (TPSA) is 72.2 Å². The van der Waals surface area contributed by atoms with E-state index in [1.807, 2.05) is 12.1 Å². The molecule has 5 heteroatoms. The highest BCUT2D eigenvalue weighted by Gasteiger charge is 1.97. The number of rotatable bonds is 3. The molecule has 0 heterocycles. The standard InChI is InChI=1S/C10H9IN2O2/c11-7-1-3-8(4-2-7)13-10(15)6-5-9(12)14/h1-6H,(H2,12,14)(H,13,15)/b6-5-. The molecule has 78 valence electrons. The van der Waals surface area contributed by atoms with Crippen molar-refractivity contribution in [2.24, 2.45) is 5.73 Å². The summed E-state index contributed by atoms with van der Waals surface area (Å²) in [7, 11) is 0. The van der Waals surface area contributed by atoms with E-state index in [0.29, 0.717) is 5.69 Å². The van der Waals surface area contributed by atoms with Crippen molar-refractivity contribution in [3.8, 4) is 0 Å². The second-order valence-corrected chi connectivity index (χ2v) is 3.98. The fourth-order valence-electron chi connectivity index (χ4n) is 0.875. The van der Waals surface area contributed by atoms with Crippen LogP contribution in [0, 0.1) is 3.57 Å². The third-order valence-corrected chi connectivity index (χ3v) is 2.23. The lowest BCUT2D eigenvalue weighted by molar-refractivity contribution is -0.115. The first-order valence-corrected chi connectivity index (χ1v) is 5.20. The number of primary amides is 1. The molecule has 0 radical (unpaired) electrons. The van der Waals surface area contributed by atoms with Gasteiger partial charge in [-0.15, -0.1) is 0 Å². The smallest absolute Gasteiger partial charge is 0.248 e. The number of nitrogens with two attached hydrogens (primary N) is 1. The van der Waals surface area contributed by atoms with E-state index in [0.717, 1.165) is 15.7 Å². The first-order valence-electron chi connectivity index (χ1n) is 4.12. The summed E-state index contributed by atoms with van der Waals surface area (Å²) < 4.78 is 1.08. The molecule has 0 aliphatic rings. The van der Waals surface area contributed by atoms with Crippen molar-refractivity contribution in [2.45, 2.75) is 0 Å². The van der Waals surface area contributed by atoms with Gasteiger partial charge < -0.3 is 11.1 Å². The predicted molar refractivity (Wildman–Crippen MR) is 66.1 cm³/mol. The number of benzene rings is 1. The van der Waals surface area contributed by atoms with Crippen LogP contribution in [0.25, 0.3) is 0 Å². The Hall–Kier alpha value is -1.37. The molecule has 0 atom stereocenters. The minimum absolute atomic E-state index is 0.380. The molecule has 0 fully saturated rings. The molecule has 1 aromatic rings. The van der Waals surface area contributed by atoms with Gasteiger partial charge in [0.1, 0.15) is 0 Å². The Morgan fingerprint density at radius 3 is 2.33 bits per heavy atom. The Bertz CT molecular complexity index is 398. The summed E-state index contributed by atoms with van der Waals surface area (Å²) in [4.78, 5) is 21.5. The predicted octanol–water partition coefficient (Wildman–Crippen LogP) is 1.27. The molecule has 0 saturated carbocycles. The van der Waals surface area contributed by atoms with Crippen LogP contribution in [0.15, 0.2) is 36.4 Å². The largest absolute Gasteiger partial charge is 0.366 e. The first kappa shape index (κ1) is 11.7. The Morgan fingerprint density at radius 1 is 1.20 bits per heavy atom. The maximum Gasteiger partial charge on any atom is 0.248 e. The van der Waals surface area contributed by atoms with Gasteiger partial charge in [-0.25, -0.2) is 0 Å². The van der Waals surface area contributed by atoms with E-state index >= 15 is 0 Å². The Balaban J connectivity index is 2.59. The molecule has 15 heavy (non-hydrogen) atoms. The summed E-state index contributed by atoms with van der Waals surface area (Å²) in [6, 6.07) is 7.29. The zero-order chi connectivity index (χ0) is 11.3. The van der Waals surface area contributed by atoms with E-state index in [2.05, 4.69) is 27.9 Å². The average Bonchev–Trinajstić information content (AvgIpc) is 2.19. The van der Waals surface area contributed by atoms with Gasteiger partial charge in [-0.2, -0.15) is 0 Å². The van der Waals surface area contributed by atoms with Gasteiger partial charge >= 0.3 is 0 Å². The lowest BCUT2D eigenvalue weighted by Crippen LogP contribution is -2.11. The van der Waals surface area contributed by atoms with Crippen molar-refractivity contribution in [3.63, 3.8) is 0 Å². The highest BCUT2D eigenvalue weighted by Crippen LogP contribution is 2.10. The van der Waals surface area contributed by atoms with E-state index in [1.165, 1.54) is 0 Å². The highest BCUT2D eigenvalue weighted by molar-refractivity contribution is 14.1. The van der Waals surface area contributed by atoms with Crippen molar-refractivity contribution in [2.75, 3.05) is 5.32 Å². The van der Waals surface area contributed by atoms with Crippen molar-refractivity contribution in [1.29, 1.82) is 0 Å². The number of halogens is 1. The molecule has 0 unspecified atom stereocenters. The van der Waals surface area contributed by atoms with Crippen LogP contribution in [0.2, 0.25) is 0 Å². The Morgan fingerprint density at radius 2 is 1.80 bits per heavy atom. The number of nitrogens with one attached hydrogen (secondary N) is 1. The molecular weight excluding hydrogens is 307 g/mol. The van der Waals surface area contributed by atoms with E-state index in [-0.39, 0.29) is 5.91 Å². The van der Waals surface area contributed by atoms with Gasteiger partial charge in [0.05, 0.1) is 0 Å². The molecule has 1 aromatic carbocycles. The van der Waals surface area contributed by atoms with Crippen LogP contribution in [0.4, 0.5) is 5.69 Å². The minimum Gasteiger partial charge on any atom is -0.366 e. The number of hydrogen-bond acceptors (Lipinski definition) is 2. The average molecular weight is 316 g/mol. The van der Waals surface area contributed by atoms with Gasteiger partial charge in [0.15, 0.2) is 0 Å². The lowest BCUT2D eigenvalue weighted by Gasteiger charge is -2.01. The summed E-state index contributed by atoms with van der Waals surface area (Å²) in [5.74, 6) is -1.03. The zero-order valence-electron chi connectivity index (χ0n) is 7.74. The van der Waals surface area contributed by atoms with Crippen LogP contribution in [0.1, 0.15) is 0 Å². The van der Waals surface area contributed by atoms with E-state index < -0.39 is 5.91 Å². The Labute approximate surface area is 101 Å². The normalized spacial score (nSPS) is 10.2. The van der Waals surface area contributed by atoms with Crippen molar-refractivity contribution < 1.29 is 9.59 Å². The molecule has 0 aliphatic carbocycles. The summed E-state index contributed by atoms with van der Waals surface area (Å²) in [5.41, 5.74) is 5.52. The zero-order valence-corrected chi connectivity index (χ0v) is 9.89. The molecule has 1 rings (SSSR count). The van der Waals surface area contributed by atoms with Crippen LogP contribution >= 0.6 is 22.6 Å². The van der Waals surface area contributed by atoms with Crippen LogP contribution in [-0.2, 0) is 9.59 Å². The molecule has 0 saturated heterocycles. The fraction of sp³-hybridized carbons (Fsp3) is 0. The second kappa shape index (κ2) is 5.50. The number of hydrogen-bond donors (Lipinski definition) is 2. The number of anilines is 1. The number of amides is 2. The maximum absolute atomic E-state index is 11.2. The maximum atomic E-state index is 11.2. The summed E-state index contributed by atoms with van der Waals surface area (Å²) >= 11 is 2.17. The van der Waals surface area contributed by atoms with Crippen LogP contribution in [0.3, 0.4) is 0 Å². The monoisotopic (exact) mass is 316 g/mol. The summed E-state index contributed by atoms with van der Waals surface area (Å²) in [6.45, 7) is 0. The molecule has 0 aliphatic heterocycles. The van der Waals surface area contributed by atoms with Gasteiger partial charge in [0.25, 0.3) is 0 Å². The molecular formula is C10H9IN2O2.